The van der Waals surface area contributed by atoms with E-state index in [0.29, 0.717) is 5.73 Å². The zero-order valence-corrected chi connectivity index (χ0v) is 15.2. The molecule has 0 heterocycles. The molecule has 19 heavy (non-hydrogen) atoms. The lowest BCUT2D eigenvalue weighted by Crippen LogP contribution is -2.26. The summed E-state index contributed by atoms with van der Waals surface area (Å²) in [6, 6.07) is 0. The van der Waals surface area contributed by atoms with Crippen LogP contribution in [0, 0.1) is 0 Å². The maximum absolute atomic E-state index is 5.57. The highest BCUT2D eigenvalue weighted by atomic mass is 28.3. The van der Waals surface area contributed by atoms with Crippen molar-refractivity contribution in [2.75, 3.05) is 7.11 Å². The lowest BCUT2D eigenvalue weighted by atomic mass is 10.1. The number of ether oxygens (including phenoxy) is 1. The van der Waals surface area contributed by atoms with Crippen LogP contribution in [0.2, 0.25) is 13.1 Å². The summed E-state index contributed by atoms with van der Waals surface area (Å²) in [7, 11) is 1.29. The normalized spacial score (nSPS) is 13.1. The third kappa shape index (κ3) is 12.9. The second-order valence-electron chi connectivity index (χ2n) is 6.34. The molecule has 0 radical (unpaired) electrons. The Balaban J connectivity index is 3.14. The number of hydrogen-bond acceptors (Lipinski definition) is 1. The first-order valence-corrected chi connectivity index (χ1v) is 11.7. The van der Waals surface area contributed by atoms with Crippen LogP contribution < -0.4 is 0 Å². The molecule has 116 valence electrons. The van der Waals surface area contributed by atoms with Gasteiger partial charge in [-0.2, -0.15) is 0 Å². The summed E-state index contributed by atoms with van der Waals surface area (Å²) in [5.74, 6) is 0. The fourth-order valence-electron chi connectivity index (χ4n) is 2.73. The van der Waals surface area contributed by atoms with Gasteiger partial charge in [0.1, 0.15) is 0 Å². The van der Waals surface area contributed by atoms with Crippen molar-refractivity contribution in [2.45, 2.75) is 103 Å². The number of hydrogen-bond donors (Lipinski definition) is 0. The molecule has 0 aromatic rings. The van der Waals surface area contributed by atoms with E-state index in [9.17, 15) is 0 Å². The average Bonchev–Trinajstić information content (AvgIpc) is 2.40. The smallest absolute Gasteiger partial charge is 0.0655 e. The van der Waals surface area contributed by atoms with Gasteiger partial charge in [-0.3, -0.25) is 0 Å². The highest BCUT2D eigenvalue weighted by Crippen LogP contribution is 2.14. The van der Waals surface area contributed by atoms with Crippen LogP contribution in [0.1, 0.15) is 84.0 Å². The summed E-state index contributed by atoms with van der Waals surface area (Å²) in [6.45, 7) is 7.08. The Labute approximate surface area is 124 Å². The van der Waals surface area contributed by atoms with Gasteiger partial charge in [0.2, 0.25) is 0 Å². The largest absolute Gasteiger partial charge is 0.385 e. The molecule has 0 saturated heterocycles. The minimum absolute atomic E-state index is 0.592. The van der Waals surface area contributed by atoms with Gasteiger partial charge in [0, 0.05) is 12.8 Å². The molecule has 0 aliphatic carbocycles. The van der Waals surface area contributed by atoms with Crippen LogP contribution in [0.25, 0.3) is 0 Å². The lowest BCUT2D eigenvalue weighted by Gasteiger charge is -2.17. The highest BCUT2D eigenvalue weighted by molar-refractivity contribution is 6.57. The van der Waals surface area contributed by atoms with Crippen molar-refractivity contribution < 1.29 is 4.74 Å². The third-order valence-corrected chi connectivity index (χ3v) is 6.23. The molecular weight excluding hydrogens is 248 g/mol. The van der Waals surface area contributed by atoms with Gasteiger partial charge < -0.3 is 4.74 Å². The van der Waals surface area contributed by atoms with Crippen LogP contribution >= 0.6 is 0 Å². The first-order valence-electron chi connectivity index (χ1n) is 8.75. The second kappa shape index (κ2) is 14.6. The minimum Gasteiger partial charge on any atom is -0.385 e. The number of unbranched alkanes of at least 4 members (excludes halogenated alkanes) is 10. The first-order chi connectivity index (χ1) is 9.22. The topological polar surface area (TPSA) is 9.23 Å². The monoisotopic (exact) mass is 286 g/mol. The van der Waals surface area contributed by atoms with E-state index >= 15 is 0 Å². The Morgan fingerprint density at radius 2 is 1.16 bits per heavy atom. The number of methoxy groups -OCH3 is 1. The Bertz CT molecular complexity index is 171. The average molecular weight is 287 g/mol. The summed E-state index contributed by atoms with van der Waals surface area (Å²) >= 11 is 0. The van der Waals surface area contributed by atoms with E-state index in [-0.39, 0.29) is 0 Å². The van der Waals surface area contributed by atoms with E-state index in [1.165, 1.54) is 77.0 Å². The SMILES string of the molecule is CCCCCCCCCCCCCC(OC)[SiH](C)C. The summed E-state index contributed by atoms with van der Waals surface area (Å²) in [6.07, 6.45) is 17.1. The first kappa shape index (κ1) is 19.2. The highest BCUT2D eigenvalue weighted by Gasteiger charge is 2.12. The Morgan fingerprint density at radius 3 is 1.53 bits per heavy atom. The van der Waals surface area contributed by atoms with E-state index in [0.717, 1.165) is 0 Å². The van der Waals surface area contributed by atoms with Crippen LogP contribution in [0.15, 0.2) is 0 Å². The fourth-order valence-corrected chi connectivity index (χ4v) is 4.18. The van der Waals surface area contributed by atoms with E-state index in [1.807, 2.05) is 7.11 Å². The molecule has 0 saturated carbocycles. The summed E-state index contributed by atoms with van der Waals surface area (Å²) in [5.41, 5.74) is 0.610. The lowest BCUT2D eigenvalue weighted by molar-refractivity contribution is 0.151. The van der Waals surface area contributed by atoms with E-state index < -0.39 is 8.80 Å². The molecule has 0 rings (SSSR count). The van der Waals surface area contributed by atoms with Gasteiger partial charge in [-0.25, -0.2) is 0 Å². The van der Waals surface area contributed by atoms with Crippen LogP contribution in [0.4, 0.5) is 0 Å². The predicted octanol–water partition coefficient (Wildman–Crippen LogP) is 5.73. The maximum Gasteiger partial charge on any atom is 0.0655 e. The fraction of sp³-hybridized carbons (Fsp3) is 1.00. The molecule has 0 amide bonds. The van der Waals surface area contributed by atoms with Gasteiger partial charge in [0.15, 0.2) is 0 Å². The van der Waals surface area contributed by atoms with Gasteiger partial charge >= 0.3 is 0 Å². The Morgan fingerprint density at radius 1 is 0.737 bits per heavy atom. The second-order valence-corrected chi connectivity index (χ2v) is 9.57. The van der Waals surface area contributed by atoms with Crippen LogP contribution in [-0.4, -0.2) is 21.6 Å². The van der Waals surface area contributed by atoms with Gasteiger partial charge in [0.25, 0.3) is 0 Å². The van der Waals surface area contributed by atoms with Gasteiger partial charge in [-0.05, 0) is 6.42 Å². The Kier molecular flexibility index (Phi) is 14.7. The maximum atomic E-state index is 5.57. The van der Waals surface area contributed by atoms with E-state index in [2.05, 4.69) is 20.0 Å². The molecule has 0 spiro atoms. The molecule has 1 atom stereocenters. The minimum atomic E-state index is -0.592. The predicted molar refractivity (Wildman–Crippen MR) is 90.8 cm³/mol. The molecule has 2 heteroatoms. The molecule has 0 N–H and O–H groups in total. The molecule has 1 unspecified atom stereocenters. The molecule has 0 aromatic carbocycles. The zero-order valence-electron chi connectivity index (χ0n) is 14.0. The van der Waals surface area contributed by atoms with Crippen molar-refractivity contribution in [1.82, 2.24) is 0 Å². The van der Waals surface area contributed by atoms with Gasteiger partial charge in [-0.15, -0.1) is 0 Å². The van der Waals surface area contributed by atoms with Gasteiger partial charge in [0.05, 0.1) is 8.80 Å². The summed E-state index contributed by atoms with van der Waals surface area (Å²) in [4.78, 5) is 0. The molecule has 1 nitrogen and oxygen atoms in total. The molecular formula is C17H38OSi. The van der Waals surface area contributed by atoms with Crippen LogP contribution in [0.3, 0.4) is 0 Å². The molecule has 0 aromatic heterocycles. The van der Waals surface area contributed by atoms with Crippen LogP contribution in [0.5, 0.6) is 0 Å². The quantitative estimate of drug-likeness (QED) is 0.293. The summed E-state index contributed by atoms with van der Waals surface area (Å²) in [5, 5.41) is 0. The molecule has 0 bridgehead atoms. The zero-order chi connectivity index (χ0) is 14.3. The number of rotatable bonds is 14. The van der Waals surface area contributed by atoms with Crippen molar-refractivity contribution in [2.24, 2.45) is 0 Å². The van der Waals surface area contributed by atoms with Crippen LogP contribution in [-0.2, 0) is 4.74 Å². The Hall–Kier alpha value is 0.177. The molecule has 0 aliphatic heterocycles. The molecule has 0 aliphatic rings. The van der Waals surface area contributed by atoms with Gasteiger partial charge in [-0.1, -0.05) is 90.6 Å². The third-order valence-electron chi connectivity index (χ3n) is 4.14. The standard InChI is InChI=1S/C17H38OSi/c1-5-6-7-8-9-10-11-12-13-14-15-16-17(18-2)19(3)4/h17,19H,5-16H2,1-4H3. The van der Waals surface area contributed by atoms with E-state index in [1.54, 1.807) is 0 Å². The van der Waals surface area contributed by atoms with Crippen molar-refractivity contribution in [3.05, 3.63) is 0 Å². The van der Waals surface area contributed by atoms with Crippen molar-refractivity contribution in [3.8, 4) is 0 Å². The van der Waals surface area contributed by atoms with Crippen molar-refractivity contribution in [1.29, 1.82) is 0 Å². The van der Waals surface area contributed by atoms with Crippen molar-refractivity contribution >= 4 is 8.80 Å². The summed E-state index contributed by atoms with van der Waals surface area (Å²) < 4.78 is 5.57. The molecule has 0 fully saturated rings. The van der Waals surface area contributed by atoms with E-state index in [4.69, 9.17) is 4.74 Å². The van der Waals surface area contributed by atoms with Crippen molar-refractivity contribution in [3.63, 3.8) is 0 Å².